The number of aromatic hydroxyl groups is 1. The first-order chi connectivity index (χ1) is 7.99. The molecule has 88 valence electrons. The minimum atomic E-state index is 0.00496. The minimum absolute atomic E-state index is 0.00496. The summed E-state index contributed by atoms with van der Waals surface area (Å²) in [5.41, 5.74) is 6.22. The van der Waals surface area contributed by atoms with Crippen LogP contribution in [0.3, 0.4) is 0 Å². The average molecular weight is 313 g/mol. The first kappa shape index (κ1) is 13.5. The Balaban J connectivity index is 3.33. The van der Waals surface area contributed by atoms with E-state index in [0.717, 1.165) is 0 Å². The molecule has 0 saturated heterocycles. The fourth-order valence-electron chi connectivity index (χ4n) is 1.15. The molecule has 0 saturated carbocycles. The van der Waals surface area contributed by atoms with Crippen LogP contribution in [0, 0.1) is 11.3 Å². The second-order valence-electron chi connectivity index (χ2n) is 3.08. The van der Waals surface area contributed by atoms with Gasteiger partial charge in [0, 0.05) is 4.47 Å². The molecule has 0 unspecified atom stereocenters. The topological polar surface area (TPSA) is 79.3 Å². The predicted octanol–water partition coefficient (Wildman–Crippen LogP) is 2.36. The summed E-state index contributed by atoms with van der Waals surface area (Å²) >= 11 is 8.00. The zero-order valence-electron chi connectivity index (χ0n) is 8.90. The summed E-state index contributed by atoms with van der Waals surface area (Å²) in [4.78, 5) is 0.0199. The van der Waals surface area contributed by atoms with Crippen molar-refractivity contribution in [1.29, 1.82) is 5.26 Å². The Kier molecular flexibility index (Phi) is 4.49. The molecule has 0 aliphatic rings. The number of hydrogen-bond acceptors (Lipinski definition) is 4. The van der Waals surface area contributed by atoms with Gasteiger partial charge in [-0.1, -0.05) is 28.1 Å². The molecule has 0 bridgehead atoms. The molecule has 0 spiro atoms. The number of hydrogen-bond donors (Lipinski definition) is 2. The molecule has 0 fully saturated rings. The predicted molar refractivity (Wildman–Crippen MR) is 72.7 cm³/mol. The van der Waals surface area contributed by atoms with E-state index in [0.29, 0.717) is 15.8 Å². The molecule has 0 amide bonds. The Morgan fingerprint density at radius 2 is 2.29 bits per heavy atom. The lowest BCUT2D eigenvalue weighted by Crippen LogP contribution is -2.09. The van der Waals surface area contributed by atoms with Crippen molar-refractivity contribution in [2.24, 2.45) is 5.73 Å². The third kappa shape index (κ3) is 3.19. The highest BCUT2D eigenvalue weighted by atomic mass is 79.9. The zero-order chi connectivity index (χ0) is 13.0. The van der Waals surface area contributed by atoms with Crippen LogP contribution in [0.1, 0.15) is 5.56 Å². The van der Waals surface area contributed by atoms with Gasteiger partial charge >= 0.3 is 0 Å². The molecular formula is C11H9BrN2O2S. The van der Waals surface area contributed by atoms with Gasteiger partial charge in [0.2, 0.25) is 0 Å². The van der Waals surface area contributed by atoms with E-state index < -0.39 is 0 Å². The Hall–Kier alpha value is -1.58. The Labute approximate surface area is 112 Å². The highest BCUT2D eigenvalue weighted by Crippen LogP contribution is 2.33. The fraction of sp³-hybridized carbons (Fsp3) is 0.0909. The molecule has 0 heterocycles. The van der Waals surface area contributed by atoms with Crippen molar-refractivity contribution in [3.05, 3.63) is 27.7 Å². The van der Waals surface area contributed by atoms with Crippen LogP contribution in [0.4, 0.5) is 0 Å². The van der Waals surface area contributed by atoms with Gasteiger partial charge in [0.1, 0.15) is 11.1 Å². The Morgan fingerprint density at radius 1 is 1.65 bits per heavy atom. The van der Waals surface area contributed by atoms with Crippen molar-refractivity contribution in [1.82, 2.24) is 0 Å². The van der Waals surface area contributed by atoms with Gasteiger partial charge in [-0.2, -0.15) is 5.26 Å². The number of rotatable bonds is 3. The molecule has 0 radical (unpaired) electrons. The maximum Gasteiger partial charge on any atom is 0.161 e. The van der Waals surface area contributed by atoms with Crippen molar-refractivity contribution < 1.29 is 9.84 Å². The van der Waals surface area contributed by atoms with Crippen molar-refractivity contribution in [2.45, 2.75) is 0 Å². The molecule has 1 aromatic carbocycles. The standard InChI is InChI=1S/C11H9BrN2O2S/c1-16-10-3-6(8(12)4-9(10)15)2-7(5-13)11(14)17/h2-4,15H,1H3,(H2,14,17). The number of phenolic OH excluding ortho intramolecular Hbond substituents is 1. The zero-order valence-corrected chi connectivity index (χ0v) is 11.3. The van der Waals surface area contributed by atoms with Gasteiger partial charge in [-0.15, -0.1) is 0 Å². The van der Waals surface area contributed by atoms with Gasteiger partial charge in [0.05, 0.1) is 12.7 Å². The third-order valence-corrected chi connectivity index (χ3v) is 2.89. The number of nitrogens with two attached hydrogens (primary N) is 1. The van der Waals surface area contributed by atoms with Crippen LogP contribution >= 0.6 is 28.1 Å². The summed E-state index contributed by atoms with van der Waals surface area (Å²) in [6.07, 6.45) is 1.52. The molecule has 6 heteroatoms. The number of nitrogens with zero attached hydrogens (tertiary/aromatic N) is 1. The molecule has 0 aliphatic heterocycles. The number of thiocarbonyl (C=S) groups is 1. The molecule has 4 nitrogen and oxygen atoms in total. The second-order valence-corrected chi connectivity index (χ2v) is 4.37. The van der Waals surface area contributed by atoms with Crippen molar-refractivity contribution in [2.75, 3.05) is 7.11 Å². The van der Waals surface area contributed by atoms with Gasteiger partial charge in [-0.3, -0.25) is 0 Å². The van der Waals surface area contributed by atoms with Gasteiger partial charge in [0.15, 0.2) is 11.5 Å². The van der Waals surface area contributed by atoms with Crippen LogP contribution < -0.4 is 10.5 Å². The maximum absolute atomic E-state index is 9.53. The first-order valence-corrected chi connectivity index (χ1v) is 5.67. The summed E-state index contributed by atoms with van der Waals surface area (Å²) < 4.78 is 5.58. The summed E-state index contributed by atoms with van der Waals surface area (Å²) in [6, 6.07) is 4.95. The summed E-state index contributed by atoms with van der Waals surface area (Å²) in [7, 11) is 1.44. The van der Waals surface area contributed by atoms with Crippen LogP contribution in [-0.4, -0.2) is 17.2 Å². The SMILES string of the molecule is COc1cc(C=C(C#N)C(N)=S)c(Br)cc1O. The van der Waals surface area contributed by atoms with E-state index in [2.05, 4.69) is 15.9 Å². The van der Waals surface area contributed by atoms with E-state index >= 15 is 0 Å². The number of benzene rings is 1. The summed E-state index contributed by atoms with van der Waals surface area (Å²) in [5, 5.41) is 18.4. The molecule has 17 heavy (non-hydrogen) atoms. The number of phenols is 1. The number of halogens is 1. The normalized spacial score (nSPS) is 10.8. The van der Waals surface area contributed by atoms with Gasteiger partial charge in [-0.05, 0) is 23.8 Å². The minimum Gasteiger partial charge on any atom is -0.504 e. The van der Waals surface area contributed by atoms with Gasteiger partial charge < -0.3 is 15.6 Å². The van der Waals surface area contributed by atoms with E-state index in [1.54, 1.807) is 6.07 Å². The largest absolute Gasteiger partial charge is 0.504 e. The lowest BCUT2D eigenvalue weighted by Gasteiger charge is -2.06. The van der Waals surface area contributed by atoms with Gasteiger partial charge in [-0.25, -0.2) is 0 Å². The molecule has 0 atom stereocenters. The second kappa shape index (κ2) is 5.66. The van der Waals surface area contributed by atoms with E-state index in [4.69, 9.17) is 28.0 Å². The lowest BCUT2D eigenvalue weighted by atomic mass is 10.1. The molecular weight excluding hydrogens is 304 g/mol. The Morgan fingerprint density at radius 3 is 2.76 bits per heavy atom. The van der Waals surface area contributed by atoms with Crippen molar-refractivity contribution in [3.63, 3.8) is 0 Å². The Bertz CT molecular complexity index is 535. The van der Waals surface area contributed by atoms with Crippen molar-refractivity contribution in [3.8, 4) is 17.6 Å². The van der Waals surface area contributed by atoms with E-state index in [9.17, 15) is 5.11 Å². The lowest BCUT2D eigenvalue weighted by molar-refractivity contribution is 0.373. The van der Waals surface area contributed by atoms with E-state index in [-0.39, 0.29) is 16.3 Å². The first-order valence-electron chi connectivity index (χ1n) is 4.47. The van der Waals surface area contributed by atoms with Gasteiger partial charge in [0.25, 0.3) is 0 Å². The van der Waals surface area contributed by atoms with Crippen molar-refractivity contribution >= 4 is 39.2 Å². The highest BCUT2D eigenvalue weighted by molar-refractivity contribution is 9.10. The number of methoxy groups -OCH3 is 1. The van der Waals surface area contributed by atoms with Crippen LogP contribution in [0.2, 0.25) is 0 Å². The number of ether oxygens (including phenoxy) is 1. The molecule has 0 aromatic heterocycles. The molecule has 3 N–H and O–H groups in total. The third-order valence-electron chi connectivity index (χ3n) is 1.98. The van der Waals surface area contributed by atoms with E-state index in [1.165, 1.54) is 19.3 Å². The maximum atomic E-state index is 9.53. The van der Waals surface area contributed by atoms with Crippen LogP contribution in [0.25, 0.3) is 6.08 Å². The van der Waals surface area contributed by atoms with Crippen LogP contribution in [-0.2, 0) is 0 Å². The summed E-state index contributed by atoms with van der Waals surface area (Å²) in [5.74, 6) is 0.310. The molecule has 1 rings (SSSR count). The molecule has 0 aliphatic carbocycles. The van der Waals surface area contributed by atoms with Crippen LogP contribution in [0.15, 0.2) is 22.2 Å². The highest BCUT2D eigenvalue weighted by Gasteiger charge is 2.08. The van der Waals surface area contributed by atoms with E-state index in [1.807, 2.05) is 6.07 Å². The number of nitriles is 1. The smallest absolute Gasteiger partial charge is 0.161 e. The quantitative estimate of drug-likeness (QED) is 0.509. The summed E-state index contributed by atoms with van der Waals surface area (Å²) in [6.45, 7) is 0. The average Bonchev–Trinajstić information content (AvgIpc) is 2.27. The fourth-order valence-corrected chi connectivity index (χ4v) is 1.70. The molecule has 1 aromatic rings. The van der Waals surface area contributed by atoms with Crippen LogP contribution in [0.5, 0.6) is 11.5 Å². The monoisotopic (exact) mass is 312 g/mol.